The molecule has 0 fully saturated rings. The largest absolute Gasteiger partial charge is 0.264 e. The smallest absolute Gasteiger partial charge is 0.0912 e. The summed E-state index contributed by atoms with van der Waals surface area (Å²) in [6.07, 6.45) is 6.86. The summed E-state index contributed by atoms with van der Waals surface area (Å²) in [5, 5.41) is 10.6. The van der Waals surface area contributed by atoms with E-state index in [0.717, 1.165) is 16.3 Å². The molecule has 1 aromatic heterocycles. The van der Waals surface area contributed by atoms with Crippen molar-refractivity contribution in [3.63, 3.8) is 0 Å². The molecule has 0 spiro atoms. The number of aromatic nitrogens is 1. The van der Waals surface area contributed by atoms with E-state index < -0.39 is 0 Å². The monoisotopic (exact) mass is 180 g/mol. The summed E-state index contributed by atoms with van der Waals surface area (Å²) >= 11 is 0. The minimum atomic E-state index is 1.03. The molecule has 0 aliphatic rings. The first kappa shape index (κ1) is 8.46. The zero-order valence-corrected chi connectivity index (χ0v) is 7.51. The summed E-state index contributed by atoms with van der Waals surface area (Å²) in [4.78, 5) is 4.03. The Morgan fingerprint density at radius 2 is 2.14 bits per heavy atom. The summed E-state index contributed by atoms with van der Waals surface area (Å²) in [5.41, 5.74) is 1.03. The molecule has 0 bridgehead atoms. The number of hydrogen-bond donors (Lipinski definition) is 0. The van der Waals surface area contributed by atoms with Crippen LogP contribution in [0.25, 0.3) is 16.8 Å². The number of benzene rings is 1. The SMILES string of the molecule is N#CC=Cc1ccc2cnccc2c1. The van der Waals surface area contributed by atoms with Crippen LogP contribution in [0, 0.1) is 11.3 Å². The maximum absolute atomic E-state index is 8.39. The average molecular weight is 180 g/mol. The Labute approximate surface area is 82.1 Å². The van der Waals surface area contributed by atoms with Crippen LogP contribution in [0.2, 0.25) is 0 Å². The first-order valence-electron chi connectivity index (χ1n) is 4.30. The summed E-state index contributed by atoms with van der Waals surface area (Å²) < 4.78 is 0. The van der Waals surface area contributed by atoms with Gasteiger partial charge in [-0.05, 0) is 29.2 Å². The molecule has 1 aromatic carbocycles. The number of nitriles is 1. The topological polar surface area (TPSA) is 36.7 Å². The fourth-order valence-electron chi connectivity index (χ4n) is 1.34. The highest BCUT2D eigenvalue weighted by Gasteiger charge is 1.92. The van der Waals surface area contributed by atoms with E-state index in [9.17, 15) is 0 Å². The first-order chi connectivity index (χ1) is 6.90. The van der Waals surface area contributed by atoms with Crippen LogP contribution in [0.15, 0.2) is 42.7 Å². The van der Waals surface area contributed by atoms with Gasteiger partial charge in [0, 0.05) is 23.9 Å². The number of fused-ring (bicyclic) bond motifs is 1. The molecule has 2 rings (SSSR count). The number of rotatable bonds is 1. The predicted molar refractivity (Wildman–Crippen MR) is 56.4 cm³/mol. The Bertz CT molecular complexity index is 521. The van der Waals surface area contributed by atoms with Crippen LogP contribution in [0.3, 0.4) is 0 Å². The molecule has 0 N–H and O–H groups in total. The second-order valence-corrected chi connectivity index (χ2v) is 2.94. The number of nitrogens with zero attached hydrogens (tertiary/aromatic N) is 2. The van der Waals surface area contributed by atoms with E-state index in [1.807, 2.05) is 36.5 Å². The van der Waals surface area contributed by atoms with Gasteiger partial charge in [0.1, 0.15) is 0 Å². The Hall–Kier alpha value is -2.14. The standard InChI is InChI=1S/C12H8N2/c13-6-1-2-10-3-4-12-9-14-7-5-11(12)8-10/h1-5,7-9H. The molecule has 0 unspecified atom stereocenters. The van der Waals surface area contributed by atoms with E-state index >= 15 is 0 Å². The maximum Gasteiger partial charge on any atom is 0.0912 e. The lowest BCUT2D eigenvalue weighted by atomic mass is 10.1. The van der Waals surface area contributed by atoms with Gasteiger partial charge in [-0.15, -0.1) is 0 Å². The second kappa shape index (κ2) is 3.71. The van der Waals surface area contributed by atoms with Crippen molar-refractivity contribution in [3.05, 3.63) is 48.3 Å². The fourth-order valence-corrected chi connectivity index (χ4v) is 1.34. The normalized spacial score (nSPS) is 10.5. The molecular formula is C12H8N2. The molecule has 2 heteroatoms. The molecule has 2 aromatic rings. The Morgan fingerprint density at radius 3 is 3.00 bits per heavy atom. The van der Waals surface area contributed by atoms with Crippen molar-refractivity contribution >= 4 is 16.8 Å². The summed E-state index contributed by atoms with van der Waals surface area (Å²) in [6, 6.07) is 9.93. The van der Waals surface area contributed by atoms with Gasteiger partial charge in [0.2, 0.25) is 0 Å². The van der Waals surface area contributed by atoms with E-state index in [0.29, 0.717) is 0 Å². The lowest BCUT2D eigenvalue weighted by molar-refractivity contribution is 1.36. The van der Waals surface area contributed by atoms with Gasteiger partial charge in [0.15, 0.2) is 0 Å². The Morgan fingerprint density at radius 1 is 1.21 bits per heavy atom. The lowest BCUT2D eigenvalue weighted by Crippen LogP contribution is -1.76. The molecule has 0 aliphatic carbocycles. The second-order valence-electron chi connectivity index (χ2n) is 2.94. The van der Waals surface area contributed by atoms with Crippen LogP contribution < -0.4 is 0 Å². The Kier molecular flexibility index (Phi) is 2.24. The highest BCUT2D eigenvalue weighted by molar-refractivity contribution is 5.83. The van der Waals surface area contributed by atoms with Crippen molar-refractivity contribution in [1.82, 2.24) is 4.98 Å². The van der Waals surface area contributed by atoms with E-state index in [-0.39, 0.29) is 0 Å². The van der Waals surface area contributed by atoms with Crippen molar-refractivity contribution in [1.29, 1.82) is 5.26 Å². The van der Waals surface area contributed by atoms with Gasteiger partial charge in [-0.3, -0.25) is 4.98 Å². The predicted octanol–water partition coefficient (Wildman–Crippen LogP) is 2.77. The average Bonchev–Trinajstić information content (AvgIpc) is 2.26. The molecular weight excluding hydrogens is 172 g/mol. The summed E-state index contributed by atoms with van der Waals surface area (Å²) in [5.74, 6) is 0. The van der Waals surface area contributed by atoms with Crippen LogP contribution in [0.5, 0.6) is 0 Å². The van der Waals surface area contributed by atoms with Crippen molar-refractivity contribution in [2.75, 3.05) is 0 Å². The number of hydrogen-bond acceptors (Lipinski definition) is 2. The molecule has 0 aliphatic heterocycles. The highest BCUT2D eigenvalue weighted by Crippen LogP contribution is 2.15. The molecule has 0 amide bonds. The molecule has 0 atom stereocenters. The van der Waals surface area contributed by atoms with Gasteiger partial charge < -0.3 is 0 Å². The minimum absolute atomic E-state index is 1.03. The molecule has 0 saturated heterocycles. The van der Waals surface area contributed by atoms with E-state index in [2.05, 4.69) is 4.98 Å². The molecule has 2 nitrogen and oxygen atoms in total. The third-order valence-electron chi connectivity index (χ3n) is 2.01. The van der Waals surface area contributed by atoms with E-state index in [1.54, 1.807) is 12.3 Å². The highest BCUT2D eigenvalue weighted by atomic mass is 14.6. The Balaban J connectivity index is 2.52. The van der Waals surface area contributed by atoms with Crippen LogP contribution >= 0.6 is 0 Å². The molecule has 1 heterocycles. The summed E-state index contributed by atoms with van der Waals surface area (Å²) in [7, 11) is 0. The van der Waals surface area contributed by atoms with Gasteiger partial charge in [0.25, 0.3) is 0 Å². The van der Waals surface area contributed by atoms with Gasteiger partial charge in [-0.2, -0.15) is 5.26 Å². The van der Waals surface area contributed by atoms with Gasteiger partial charge in [-0.1, -0.05) is 12.1 Å². The van der Waals surface area contributed by atoms with Gasteiger partial charge >= 0.3 is 0 Å². The minimum Gasteiger partial charge on any atom is -0.264 e. The third kappa shape index (κ3) is 1.62. The van der Waals surface area contributed by atoms with Crippen molar-refractivity contribution in [3.8, 4) is 6.07 Å². The molecule has 66 valence electrons. The van der Waals surface area contributed by atoms with Crippen LogP contribution in [-0.4, -0.2) is 4.98 Å². The van der Waals surface area contributed by atoms with Crippen LogP contribution in [0.1, 0.15) is 5.56 Å². The van der Waals surface area contributed by atoms with Crippen molar-refractivity contribution < 1.29 is 0 Å². The lowest BCUT2D eigenvalue weighted by Gasteiger charge is -1.97. The first-order valence-corrected chi connectivity index (χ1v) is 4.30. The molecule has 0 radical (unpaired) electrons. The van der Waals surface area contributed by atoms with Crippen LogP contribution in [-0.2, 0) is 0 Å². The summed E-state index contributed by atoms with van der Waals surface area (Å²) in [6.45, 7) is 0. The van der Waals surface area contributed by atoms with Gasteiger partial charge in [0.05, 0.1) is 6.07 Å². The number of allylic oxidation sites excluding steroid dienone is 1. The van der Waals surface area contributed by atoms with Gasteiger partial charge in [-0.25, -0.2) is 0 Å². The maximum atomic E-state index is 8.39. The number of pyridine rings is 1. The molecule has 0 saturated carbocycles. The van der Waals surface area contributed by atoms with Crippen LogP contribution in [0.4, 0.5) is 0 Å². The zero-order chi connectivity index (χ0) is 9.80. The fraction of sp³-hybridized carbons (Fsp3) is 0. The van der Waals surface area contributed by atoms with E-state index in [1.165, 1.54) is 6.08 Å². The zero-order valence-electron chi connectivity index (χ0n) is 7.51. The molecule has 14 heavy (non-hydrogen) atoms. The van der Waals surface area contributed by atoms with Crippen molar-refractivity contribution in [2.24, 2.45) is 0 Å². The quantitative estimate of drug-likeness (QED) is 0.633. The third-order valence-corrected chi connectivity index (χ3v) is 2.01. The van der Waals surface area contributed by atoms with E-state index in [4.69, 9.17) is 5.26 Å². The van der Waals surface area contributed by atoms with Crippen molar-refractivity contribution in [2.45, 2.75) is 0 Å².